The second-order valence-corrected chi connectivity index (χ2v) is 7.59. The third-order valence-corrected chi connectivity index (χ3v) is 4.38. The molecule has 1 aromatic rings. The maximum Gasteiger partial charge on any atom is 0.0718 e. The summed E-state index contributed by atoms with van der Waals surface area (Å²) in [5.74, 6) is 0. The Hall–Kier alpha value is -0.370. The lowest BCUT2D eigenvalue weighted by Crippen LogP contribution is -2.15. The highest BCUT2D eigenvalue weighted by molar-refractivity contribution is 14.1. The van der Waals surface area contributed by atoms with E-state index in [1.165, 1.54) is 5.56 Å². The molecule has 9 heteroatoms. The molecule has 0 saturated carbocycles. The molecule has 0 aliphatic rings. The Labute approximate surface area is 206 Å². The lowest BCUT2D eigenvalue weighted by molar-refractivity contribution is -0.0232. The van der Waals surface area contributed by atoms with E-state index in [2.05, 4.69) is 22.6 Å². The van der Waals surface area contributed by atoms with Crippen LogP contribution in [0.5, 0.6) is 0 Å². The van der Waals surface area contributed by atoms with Crippen molar-refractivity contribution in [2.24, 2.45) is 0 Å². The monoisotopic (exact) mass is 570 g/mol. The van der Waals surface area contributed by atoms with Crippen LogP contribution in [0.1, 0.15) is 5.56 Å². The summed E-state index contributed by atoms with van der Waals surface area (Å²) < 4.78 is 44.5. The maximum atomic E-state index is 5.55. The molecule has 0 atom stereocenters. The molecule has 0 unspecified atom stereocenters. The van der Waals surface area contributed by atoms with E-state index >= 15 is 0 Å². The van der Waals surface area contributed by atoms with E-state index < -0.39 is 0 Å². The fourth-order valence-corrected chi connectivity index (χ4v) is 2.67. The van der Waals surface area contributed by atoms with Crippen LogP contribution in [0, 0.1) is 0 Å². The molecule has 0 N–H and O–H groups in total. The summed E-state index contributed by atoms with van der Waals surface area (Å²) in [5.41, 5.74) is 1.17. The topological polar surface area (TPSA) is 73.8 Å². The number of hydrogen-bond donors (Lipinski definition) is 0. The fourth-order valence-electron chi connectivity index (χ4n) is 2.36. The molecule has 1 rings (SSSR count). The van der Waals surface area contributed by atoms with Gasteiger partial charge in [-0.2, -0.15) is 0 Å². The van der Waals surface area contributed by atoms with Crippen LogP contribution in [0.4, 0.5) is 0 Å². The molecule has 0 fully saturated rings. The van der Waals surface area contributed by atoms with Crippen molar-refractivity contribution >= 4 is 22.6 Å². The van der Waals surface area contributed by atoms with Crippen LogP contribution in [0.15, 0.2) is 30.3 Å². The highest BCUT2D eigenvalue weighted by atomic mass is 127. The minimum absolute atomic E-state index is 0.541. The van der Waals surface area contributed by atoms with Crippen LogP contribution >= 0.6 is 22.6 Å². The van der Waals surface area contributed by atoms with Gasteiger partial charge in [0.25, 0.3) is 0 Å². The molecule has 0 bridgehead atoms. The number of ether oxygens (including phenoxy) is 8. The SMILES string of the molecule is ICCOCCOCCOCCOCCOCCOCCOCCOCc1ccccc1. The summed E-state index contributed by atoms with van der Waals surface area (Å²) >= 11 is 2.28. The van der Waals surface area contributed by atoms with Gasteiger partial charge in [-0.15, -0.1) is 0 Å². The zero-order valence-electron chi connectivity index (χ0n) is 19.1. The predicted molar refractivity (Wildman–Crippen MR) is 131 cm³/mol. The first kappa shape index (κ1) is 29.7. The van der Waals surface area contributed by atoms with E-state index in [1.807, 2.05) is 30.3 Å². The Morgan fingerprint density at radius 2 is 0.719 bits per heavy atom. The second kappa shape index (κ2) is 25.3. The predicted octanol–water partition coefficient (Wildman–Crippen LogP) is 2.75. The maximum absolute atomic E-state index is 5.55. The van der Waals surface area contributed by atoms with Crippen molar-refractivity contribution in [3.63, 3.8) is 0 Å². The molecule has 186 valence electrons. The van der Waals surface area contributed by atoms with E-state index in [4.69, 9.17) is 37.9 Å². The van der Waals surface area contributed by atoms with Crippen LogP contribution in [-0.4, -0.2) is 104 Å². The second-order valence-electron chi connectivity index (χ2n) is 6.51. The molecule has 0 aromatic heterocycles. The highest BCUT2D eigenvalue weighted by Crippen LogP contribution is 1.99. The normalized spacial score (nSPS) is 11.3. The van der Waals surface area contributed by atoms with Crippen molar-refractivity contribution in [1.29, 1.82) is 0 Å². The Balaban J connectivity index is 1.64. The zero-order valence-corrected chi connectivity index (χ0v) is 21.2. The van der Waals surface area contributed by atoms with Crippen molar-refractivity contribution in [2.45, 2.75) is 6.61 Å². The number of benzene rings is 1. The van der Waals surface area contributed by atoms with Crippen LogP contribution in [0.2, 0.25) is 0 Å². The number of rotatable bonds is 25. The van der Waals surface area contributed by atoms with Gasteiger partial charge in [0.05, 0.1) is 106 Å². The summed E-state index contributed by atoms with van der Waals surface area (Å²) in [5, 5.41) is 0. The van der Waals surface area contributed by atoms with Gasteiger partial charge in [-0.1, -0.05) is 52.9 Å². The van der Waals surface area contributed by atoms with Gasteiger partial charge in [0.2, 0.25) is 0 Å². The average molecular weight is 570 g/mol. The standard InChI is InChI=1S/C23H39IO8/c24-6-7-25-8-9-26-10-11-27-12-13-28-14-15-29-16-17-30-18-19-31-20-21-32-22-23-4-2-1-3-5-23/h1-5H,6-22H2. The zero-order chi connectivity index (χ0) is 22.8. The van der Waals surface area contributed by atoms with Gasteiger partial charge >= 0.3 is 0 Å². The Bertz CT molecular complexity index is 480. The molecule has 32 heavy (non-hydrogen) atoms. The average Bonchev–Trinajstić information content (AvgIpc) is 2.82. The number of halogens is 1. The lowest BCUT2D eigenvalue weighted by atomic mass is 10.2. The van der Waals surface area contributed by atoms with Gasteiger partial charge < -0.3 is 37.9 Å². The minimum Gasteiger partial charge on any atom is -0.378 e. The first-order valence-electron chi connectivity index (χ1n) is 11.2. The molecule has 0 amide bonds. The number of alkyl halides is 1. The van der Waals surface area contributed by atoms with Gasteiger partial charge in [-0.05, 0) is 5.56 Å². The molecule has 8 nitrogen and oxygen atoms in total. The van der Waals surface area contributed by atoms with Gasteiger partial charge in [0.1, 0.15) is 0 Å². The van der Waals surface area contributed by atoms with Crippen molar-refractivity contribution in [2.75, 3.05) is 104 Å². The Morgan fingerprint density at radius 1 is 0.406 bits per heavy atom. The molecule has 0 heterocycles. The molecule has 0 radical (unpaired) electrons. The third-order valence-electron chi connectivity index (χ3n) is 3.94. The van der Waals surface area contributed by atoms with Gasteiger partial charge in [0.15, 0.2) is 0 Å². The van der Waals surface area contributed by atoms with Gasteiger partial charge in [0, 0.05) is 4.43 Å². The van der Waals surface area contributed by atoms with Gasteiger partial charge in [-0.3, -0.25) is 0 Å². The molecule has 0 spiro atoms. The van der Waals surface area contributed by atoms with E-state index in [9.17, 15) is 0 Å². The van der Waals surface area contributed by atoms with Crippen LogP contribution in [0.3, 0.4) is 0 Å². The van der Waals surface area contributed by atoms with Crippen LogP contribution < -0.4 is 0 Å². The first-order chi connectivity index (χ1) is 15.9. The van der Waals surface area contributed by atoms with Crippen molar-refractivity contribution in [3.8, 4) is 0 Å². The molecular weight excluding hydrogens is 531 g/mol. The summed E-state index contributed by atoms with van der Waals surface area (Å²) in [7, 11) is 0. The smallest absolute Gasteiger partial charge is 0.0718 e. The summed E-state index contributed by atoms with van der Waals surface area (Å²) in [6.07, 6.45) is 0. The van der Waals surface area contributed by atoms with Crippen molar-refractivity contribution in [3.05, 3.63) is 35.9 Å². The molecule has 0 aliphatic heterocycles. The van der Waals surface area contributed by atoms with Crippen LogP contribution in [0.25, 0.3) is 0 Å². The summed E-state index contributed by atoms with van der Waals surface area (Å²) in [4.78, 5) is 0. The Kier molecular flexibility index (Phi) is 23.4. The van der Waals surface area contributed by atoms with Crippen molar-refractivity contribution in [1.82, 2.24) is 0 Å². The highest BCUT2D eigenvalue weighted by Gasteiger charge is 1.95. The van der Waals surface area contributed by atoms with Crippen LogP contribution in [-0.2, 0) is 44.5 Å². The first-order valence-corrected chi connectivity index (χ1v) is 12.7. The summed E-state index contributed by atoms with van der Waals surface area (Å²) in [6, 6.07) is 10.1. The molecule has 0 saturated heterocycles. The quantitative estimate of drug-likeness (QED) is 0.101. The van der Waals surface area contributed by atoms with E-state index in [-0.39, 0.29) is 0 Å². The van der Waals surface area contributed by atoms with Crippen molar-refractivity contribution < 1.29 is 37.9 Å². The fraction of sp³-hybridized carbons (Fsp3) is 0.739. The Morgan fingerprint density at radius 3 is 1.06 bits per heavy atom. The molecular formula is C23H39IO8. The van der Waals surface area contributed by atoms with E-state index in [1.54, 1.807) is 0 Å². The van der Waals surface area contributed by atoms with E-state index in [0.29, 0.717) is 99.1 Å². The number of hydrogen-bond acceptors (Lipinski definition) is 8. The van der Waals surface area contributed by atoms with E-state index in [0.717, 1.165) is 11.0 Å². The molecule has 0 aliphatic carbocycles. The largest absolute Gasteiger partial charge is 0.378 e. The minimum atomic E-state index is 0.541. The summed E-state index contributed by atoms with van der Waals surface area (Å²) in [6.45, 7) is 9.26. The third kappa shape index (κ3) is 21.5. The molecule has 1 aromatic carbocycles. The lowest BCUT2D eigenvalue weighted by Gasteiger charge is -2.08. The van der Waals surface area contributed by atoms with Gasteiger partial charge in [-0.25, -0.2) is 0 Å².